The number of benzene rings is 4. The topological polar surface area (TPSA) is 82.3 Å². The number of halogens is 1. The molecule has 2 N–H and O–H groups in total. The summed E-state index contributed by atoms with van der Waals surface area (Å²) < 4.78 is 6.74. The average Bonchev–Trinajstić information content (AvgIpc) is 2.83. The van der Waals surface area contributed by atoms with Crippen LogP contribution in [0.5, 0.6) is 11.5 Å². The monoisotopic (exact) mass is 498 g/mol. The van der Waals surface area contributed by atoms with Crippen molar-refractivity contribution >= 4 is 44.4 Å². The number of phenolic OH excluding ortho intramolecular Hbond substituents is 1. The first-order chi connectivity index (χ1) is 16.0. The molecule has 33 heavy (non-hydrogen) atoms. The van der Waals surface area contributed by atoms with Crippen LogP contribution in [0.15, 0.2) is 95.0 Å². The van der Waals surface area contributed by atoms with E-state index in [1.807, 2.05) is 30.3 Å². The fourth-order valence-corrected chi connectivity index (χ4v) is 3.87. The van der Waals surface area contributed by atoms with Crippen molar-refractivity contribution in [3.8, 4) is 17.6 Å². The zero-order chi connectivity index (χ0) is 23.2. The minimum Gasteiger partial charge on any atom is -0.508 e. The third-order valence-corrected chi connectivity index (χ3v) is 5.64. The first-order valence-electron chi connectivity index (χ1n) is 10.1. The summed E-state index contributed by atoms with van der Waals surface area (Å²) in [6.45, 7) is 0.410. The van der Waals surface area contributed by atoms with Gasteiger partial charge in [0.25, 0.3) is 5.91 Å². The largest absolute Gasteiger partial charge is 0.508 e. The molecule has 0 aliphatic rings. The molecule has 5 nitrogen and oxygen atoms in total. The number of nitrogens with zero attached hydrogens (tertiary/aromatic N) is 1. The molecule has 0 unspecified atom stereocenters. The van der Waals surface area contributed by atoms with Crippen LogP contribution < -0.4 is 10.1 Å². The van der Waals surface area contributed by atoms with Crippen molar-refractivity contribution in [3.05, 3.63) is 106 Å². The van der Waals surface area contributed by atoms with Crippen molar-refractivity contribution in [3.63, 3.8) is 0 Å². The summed E-state index contributed by atoms with van der Waals surface area (Å²) in [5, 5.41) is 23.7. The van der Waals surface area contributed by atoms with E-state index < -0.39 is 5.91 Å². The number of carbonyl (C=O) groups is 1. The summed E-state index contributed by atoms with van der Waals surface area (Å²) in [7, 11) is 0. The Kier molecular flexibility index (Phi) is 6.72. The summed E-state index contributed by atoms with van der Waals surface area (Å²) >= 11 is 3.52. The molecule has 0 aliphatic carbocycles. The molecule has 0 radical (unpaired) electrons. The highest BCUT2D eigenvalue weighted by atomic mass is 79.9. The van der Waals surface area contributed by atoms with Gasteiger partial charge < -0.3 is 15.2 Å². The number of phenols is 1. The lowest BCUT2D eigenvalue weighted by molar-refractivity contribution is -0.112. The lowest BCUT2D eigenvalue weighted by atomic mass is 10.1. The summed E-state index contributed by atoms with van der Waals surface area (Å²) in [5.41, 5.74) is 2.20. The second-order valence-corrected chi connectivity index (χ2v) is 8.14. The van der Waals surface area contributed by atoms with Gasteiger partial charge in [0.2, 0.25) is 0 Å². The quantitative estimate of drug-likeness (QED) is 0.182. The Morgan fingerprint density at radius 1 is 1.03 bits per heavy atom. The Hall–Kier alpha value is -4.08. The summed E-state index contributed by atoms with van der Waals surface area (Å²) in [6.07, 6.45) is 1.51. The molecular formula is C27H19BrN2O3. The smallest absolute Gasteiger partial charge is 0.266 e. The zero-order valence-electron chi connectivity index (χ0n) is 17.5. The standard InChI is InChI=1S/C27H19BrN2O3/c28-25-15-18(14-21(16-29)27(32)30-22-9-11-23(31)12-10-22)8-13-26(25)33-17-20-6-3-5-19-4-1-2-7-24(19)20/h1-15,31H,17H2,(H,30,32)/b21-14+. The number of ether oxygens (including phenoxy) is 1. The third-order valence-electron chi connectivity index (χ3n) is 5.02. The molecule has 4 aromatic carbocycles. The molecule has 0 aliphatic heterocycles. The number of rotatable bonds is 6. The van der Waals surface area contributed by atoms with Gasteiger partial charge in [0.15, 0.2) is 0 Å². The van der Waals surface area contributed by atoms with Crippen molar-refractivity contribution in [2.45, 2.75) is 6.61 Å². The van der Waals surface area contributed by atoms with Crippen molar-refractivity contribution < 1.29 is 14.6 Å². The first kappa shape index (κ1) is 22.1. The second-order valence-electron chi connectivity index (χ2n) is 7.29. The number of hydrogen-bond acceptors (Lipinski definition) is 4. The normalized spacial score (nSPS) is 11.1. The molecule has 0 fully saturated rings. The van der Waals surface area contributed by atoms with E-state index in [4.69, 9.17) is 4.74 Å². The minimum atomic E-state index is -0.532. The molecular weight excluding hydrogens is 480 g/mol. The number of carbonyl (C=O) groups excluding carboxylic acids is 1. The van der Waals surface area contributed by atoms with Gasteiger partial charge in [0.1, 0.15) is 29.7 Å². The Labute approximate surface area is 199 Å². The SMILES string of the molecule is N#C/C(=C\c1ccc(OCc2cccc3ccccc23)c(Br)c1)C(=O)Nc1ccc(O)cc1. The van der Waals surface area contributed by atoms with E-state index in [1.54, 1.807) is 30.3 Å². The van der Waals surface area contributed by atoms with Gasteiger partial charge in [-0.25, -0.2) is 0 Å². The molecule has 6 heteroatoms. The number of nitrogens with one attached hydrogen (secondary N) is 1. The highest BCUT2D eigenvalue weighted by Crippen LogP contribution is 2.29. The van der Waals surface area contributed by atoms with Crippen LogP contribution in [0.4, 0.5) is 5.69 Å². The van der Waals surface area contributed by atoms with Crippen LogP contribution in [0, 0.1) is 11.3 Å². The predicted molar refractivity (Wildman–Crippen MR) is 133 cm³/mol. The molecule has 0 saturated heterocycles. The lowest BCUT2D eigenvalue weighted by Crippen LogP contribution is -2.13. The zero-order valence-corrected chi connectivity index (χ0v) is 19.0. The maximum atomic E-state index is 12.5. The number of fused-ring (bicyclic) bond motifs is 1. The molecule has 0 atom stereocenters. The molecule has 0 aromatic heterocycles. The van der Waals surface area contributed by atoms with Crippen LogP contribution in [-0.4, -0.2) is 11.0 Å². The molecule has 0 saturated carbocycles. The molecule has 4 rings (SSSR count). The van der Waals surface area contributed by atoms with E-state index in [-0.39, 0.29) is 11.3 Å². The van der Waals surface area contributed by atoms with Crippen LogP contribution in [0.25, 0.3) is 16.8 Å². The molecule has 162 valence electrons. The number of amides is 1. The third kappa shape index (κ3) is 5.40. The minimum absolute atomic E-state index is 0.0422. The molecule has 1 amide bonds. The Bertz CT molecular complexity index is 1380. The van der Waals surface area contributed by atoms with Gasteiger partial charge in [-0.15, -0.1) is 0 Å². The fourth-order valence-electron chi connectivity index (χ4n) is 3.36. The van der Waals surface area contributed by atoms with Crippen molar-refractivity contribution in [1.29, 1.82) is 5.26 Å². The van der Waals surface area contributed by atoms with Gasteiger partial charge in [-0.2, -0.15) is 5.26 Å². The van der Waals surface area contributed by atoms with E-state index in [2.05, 4.69) is 39.4 Å². The highest BCUT2D eigenvalue weighted by Gasteiger charge is 2.11. The Morgan fingerprint density at radius 2 is 1.79 bits per heavy atom. The van der Waals surface area contributed by atoms with Crippen molar-refractivity contribution in [2.24, 2.45) is 0 Å². The van der Waals surface area contributed by atoms with E-state index in [0.717, 1.165) is 16.3 Å². The molecule has 0 spiro atoms. The number of hydrogen-bond donors (Lipinski definition) is 2. The van der Waals surface area contributed by atoms with Crippen LogP contribution in [-0.2, 0) is 11.4 Å². The number of anilines is 1. The number of nitriles is 1. The van der Waals surface area contributed by atoms with Crippen LogP contribution in [0.3, 0.4) is 0 Å². The van der Waals surface area contributed by atoms with Crippen LogP contribution >= 0.6 is 15.9 Å². The van der Waals surface area contributed by atoms with Crippen molar-refractivity contribution in [2.75, 3.05) is 5.32 Å². The summed E-state index contributed by atoms with van der Waals surface area (Å²) in [6, 6.07) is 27.6. The van der Waals surface area contributed by atoms with E-state index in [0.29, 0.717) is 28.1 Å². The van der Waals surface area contributed by atoms with Gasteiger partial charge in [0, 0.05) is 5.69 Å². The first-order valence-corrected chi connectivity index (χ1v) is 10.9. The molecule has 4 aromatic rings. The lowest BCUT2D eigenvalue weighted by Gasteiger charge is -2.11. The van der Waals surface area contributed by atoms with Crippen LogP contribution in [0.2, 0.25) is 0 Å². The average molecular weight is 499 g/mol. The summed E-state index contributed by atoms with van der Waals surface area (Å²) in [4.78, 5) is 12.5. The van der Waals surface area contributed by atoms with Gasteiger partial charge in [0.05, 0.1) is 4.47 Å². The summed E-state index contributed by atoms with van der Waals surface area (Å²) in [5.74, 6) is 0.222. The maximum absolute atomic E-state index is 12.5. The van der Waals surface area contributed by atoms with Gasteiger partial charge in [-0.05, 0) is 80.3 Å². The Morgan fingerprint density at radius 3 is 2.55 bits per heavy atom. The highest BCUT2D eigenvalue weighted by molar-refractivity contribution is 9.10. The van der Waals surface area contributed by atoms with Crippen LogP contribution in [0.1, 0.15) is 11.1 Å². The second kappa shape index (κ2) is 10.0. The molecule has 0 bridgehead atoms. The van der Waals surface area contributed by atoms with E-state index in [9.17, 15) is 15.2 Å². The number of aromatic hydroxyl groups is 1. The van der Waals surface area contributed by atoms with Crippen molar-refractivity contribution in [1.82, 2.24) is 0 Å². The van der Waals surface area contributed by atoms with Gasteiger partial charge in [-0.3, -0.25) is 4.79 Å². The van der Waals surface area contributed by atoms with Gasteiger partial charge in [-0.1, -0.05) is 48.5 Å². The maximum Gasteiger partial charge on any atom is 0.266 e. The fraction of sp³-hybridized carbons (Fsp3) is 0.0370. The Balaban J connectivity index is 1.48. The molecule has 0 heterocycles. The predicted octanol–water partition coefficient (Wildman–Crippen LogP) is 6.43. The van der Waals surface area contributed by atoms with Gasteiger partial charge >= 0.3 is 0 Å². The van der Waals surface area contributed by atoms with E-state index in [1.165, 1.54) is 18.2 Å². The van der Waals surface area contributed by atoms with E-state index >= 15 is 0 Å².